The quantitative estimate of drug-likeness (QED) is 0.803. The first-order chi connectivity index (χ1) is 13.7. The third-order valence-corrected chi connectivity index (χ3v) is 6.10. The first-order valence-electron chi connectivity index (χ1n) is 10.0. The van der Waals surface area contributed by atoms with Gasteiger partial charge >= 0.3 is 0 Å². The van der Waals surface area contributed by atoms with Gasteiger partial charge < -0.3 is 19.3 Å². The van der Waals surface area contributed by atoms with Crippen LogP contribution in [-0.2, 0) is 15.9 Å². The number of para-hydroxylation sites is 1. The van der Waals surface area contributed by atoms with Crippen LogP contribution in [0.15, 0.2) is 42.7 Å². The highest BCUT2D eigenvalue weighted by Crippen LogP contribution is 2.35. The largest absolute Gasteiger partial charge is 0.370 e. The van der Waals surface area contributed by atoms with E-state index >= 15 is 0 Å². The Kier molecular flexibility index (Phi) is 4.33. The molecular formula is C22H25N3O3. The summed E-state index contributed by atoms with van der Waals surface area (Å²) in [4.78, 5) is 21.8. The molecule has 1 spiro atoms. The Morgan fingerprint density at radius 1 is 1.14 bits per heavy atom. The number of carbonyl (C=O) groups is 1. The number of hydrogen-bond donors (Lipinski definition) is 0. The van der Waals surface area contributed by atoms with E-state index in [0.717, 1.165) is 43.7 Å². The van der Waals surface area contributed by atoms with E-state index in [9.17, 15) is 4.79 Å². The molecule has 1 atom stereocenters. The molecule has 1 unspecified atom stereocenters. The minimum atomic E-state index is -0.397. The molecule has 5 rings (SSSR count). The van der Waals surface area contributed by atoms with Crippen LogP contribution in [0.5, 0.6) is 0 Å². The number of piperidine rings is 1. The number of aromatic nitrogens is 1. The zero-order valence-electron chi connectivity index (χ0n) is 16.1. The first-order valence-corrected chi connectivity index (χ1v) is 10.0. The van der Waals surface area contributed by atoms with Crippen molar-refractivity contribution in [3.63, 3.8) is 0 Å². The van der Waals surface area contributed by atoms with Crippen LogP contribution >= 0.6 is 0 Å². The number of fused-ring (bicyclic) bond motifs is 1. The van der Waals surface area contributed by atoms with Crippen molar-refractivity contribution in [3.05, 3.63) is 53.9 Å². The van der Waals surface area contributed by atoms with Gasteiger partial charge in [-0.05, 0) is 31.0 Å². The molecule has 28 heavy (non-hydrogen) atoms. The lowest BCUT2D eigenvalue weighted by atomic mass is 10.0. The Hall–Kier alpha value is -2.44. The van der Waals surface area contributed by atoms with Gasteiger partial charge in [0.15, 0.2) is 5.79 Å². The molecule has 1 aromatic heterocycles. The summed E-state index contributed by atoms with van der Waals surface area (Å²) in [5.74, 6) is -0.380. The predicted molar refractivity (Wildman–Crippen MR) is 107 cm³/mol. The molecule has 3 aliphatic heterocycles. The minimum absolute atomic E-state index is 0.0164. The highest BCUT2D eigenvalue weighted by Gasteiger charge is 2.40. The third-order valence-electron chi connectivity index (χ3n) is 6.10. The van der Waals surface area contributed by atoms with Crippen molar-refractivity contribution >= 4 is 17.3 Å². The number of nitrogens with zero attached hydrogens (tertiary/aromatic N) is 3. The molecule has 1 aromatic carbocycles. The van der Waals surface area contributed by atoms with Gasteiger partial charge in [-0.3, -0.25) is 9.78 Å². The highest BCUT2D eigenvalue weighted by atomic mass is 16.7. The van der Waals surface area contributed by atoms with Crippen molar-refractivity contribution in [1.82, 2.24) is 4.98 Å². The van der Waals surface area contributed by atoms with Crippen molar-refractivity contribution in [3.8, 4) is 0 Å². The highest BCUT2D eigenvalue weighted by molar-refractivity contribution is 6.08. The van der Waals surface area contributed by atoms with Crippen molar-refractivity contribution in [2.75, 3.05) is 36.1 Å². The number of ether oxygens (including phenoxy) is 2. The van der Waals surface area contributed by atoms with Gasteiger partial charge in [-0.2, -0.15) is 0 Å². The molecule has 146 valence electrons. The van der Waals surface area contributed by atoms with E-state index < -0.39 is 5.79 Å². The number of pyridine rings is 1. The van der Waals surface area contributed by atoms with Crippen molar-refractivity contribution in [2.45, 2.75) is 38.0 Å². The molecule has 0 N–H and O–H groups in total. The van der Waals surface area contributed by atoms with E-state index in [1.807, 2.05) is 35.4 Å². The summed E-state index contributed by atoms with van der Waals surface area (Å²) in [6, 6.07) is 10.3. The molecule has 3 aliphatic rings. The maximum absolute atomic E-state index is 13.3. The summed E-state index contributed by atoms with van der Waals surface area (Å²) in [7, 11) is 0. The van der Waals surface area contributed by atoms with E-state index in [2.05, 4.69) is 22.9 Å². The first kappa shape index (κ1) is 17.6. The summed E-state index contributed by atoms with van der Waals surface area (Å²) >= 11 is 0. The molecule has 0 saturated carbocycles. The van der Waals surface area contributed by atoms with Gasteiger partial charge in [0.2, 0.25) is 0 Å². The van der Waals surface area contributed by atoms with Crippen LogP contribution < -0.4 is 9.80 Å². The summed E-state index contributed by atoms with van der Waals surface area (Å²) < 4.78 is 11.6. The van der Waals surface area contributed by atoms with Gasteiger partial charge in [-0.25, -0.2) is 0 Å². The number of hydrogen-bond acceptors (Lipinski definition) is 5. The number of amides is 1. The monoisotopic (exact) mass is 379 g/mol. The van der Waals surface area contributed by atoms with E-state index in [0.29, 0.717) is 18.8 Å². The molecule has 0 bridgehead atoms. The number of benzene rings is 1. The van der Waals surface area contributed by atoms with E-state index in [1.54, 1.807) is 6.20 Å². The Morgan fingerprint density at radius 2 is 1.89 bits per heavy atom. The molecule has 2 fully saturated rings. The summed E-state index contributed by atoms with van der Waals surface area (Å²) in [6.45, 7) is 5.13. The fourth-order valence-corrected chi connectivity index (χ4v) is 4.62. The van der Waals surface area contributed by atoms with E-state index in [1.165, 1.54) is 5.56 Å². The van der Waals surface area contributed by atoms with Gasteiger partial charge in [0.05, 0.1) is 30.7 Å². The molecule has 1 amide bonds. The number of rotatable bonds is 2. The number of anilines is 2. The van der Waals surface area contributed by atoms with Gasteiger partial charge in [-0.1, -0.05) is 18.2 Å². The van der Waals surface area contributed by atoms with Crippen LogP contribution in [0, 0.1) is 0 Å². The van der Waals surface area contributed by atoms with Crippen molar-refractivity contribution in [1.29, 1.82) is 0 Å². The van der Waals surface area contributed by atoms with Crippen LogP contribution in [0.1, 0.15) is 35.7 Å². The molecule has 2 aromatic rings. The van der Waals surface area contributed by atoms with Gasteiger partial charge in [0, 0.05) is 43.9 Å². The SMILES string of the molecule is CC1Cc2ccccc2N1C(=O)c1cncc(N2CCC3(CC2)OCCO3)c1. The smallest absolute Gasteiger partial charge is 0.260 e. The lowest BCUT2D eigenvalue weighted by Crippen LogP contribution is -2.45. The van der Waals surface area contributed by atoms with Gasteiger partial charge in [0.25, 0.3) is 5.91 Å². The Morgan fingerprint density at radius 3 is 2.68 bits per heavy atom. The Labute approximate surface area is 165 Å². The van der Waals surface area contributed by atoms with Crippen LogP contribution in [0.25, 0.3) is 0 Å². The molecule has 4 heterocycles. The average Bonchev–Trinajstić information content (AvgIpc) is 3.31. The molecular weight excluding hydrogens is 354 g/mol. The summed E-state index contributed by atoms with van der Waals surface area (Å²) in [5.41, 5.74) is 3.86. The summed E-state index contributed by atoms with van der Waals surface area (Å²) in [6.07, 6.45) is 6.08. The van der Waals surface area contributed by atoms with Crippen molar-refractivity contribution < 1.29 is 14.3 Å². The second kappa shape index (κ2) is 6.87. The lowest BCUT2D eigenvalue weighted by molar-refractivity contribution is -0.169. The van der Waals surface area contributed by atoms with Crippen molar-refractivity contribution in [2.24, 2.45) is 0 Å². The maximum Gasteiger partial charge on any atom is 0.260 e. The molecule has 0 radical (unpaired) electrons. The van der Waals surface area contributed by atoms with Gasteiger partial charge in [-0.15, -0.1) is 0 Å². The van der Waals surface area contributed by atoms with Crippen LogP contribution in [-0.4, -0.2) is 49.0 Å². The summed E-state index contributed by atoms with van der Waals surface area (Å²) in [5, 5.41) is 0. The van der Waals surface area contributed by atoms with Crippen LogP contribution in [0.3, 0.4) is 0 Å². The number of carbonyl (C=O) groups excluding carboxylic acids is 1. The molecule has 6 heteroatoms. The molecule has 2 saturated heterocycles. The topological polar surface area (TPSA) is 54.9 Å². The zero-order valence-corrected chi connectivity index (χ0v) is 16.1. The fourth-order valence-electron chi connectivity index (χ4n) is 4.62. The zero-order chi connectivity index (χ0) is 19.1. The minimum Gasteiger partial charge on any atom is -0.370 e. The fraction of sp³-hybridized carbons (Fsp3) is 0.455. The van der Waals surface area contributed by atoms with E-state index in [4.69, 9.17) is 9.47 Å². The van der Waals surface area contributed by atoms with Crippen LogP contribution in [0.4, 0.5) is 11.4 Å². The van der Waals surface area contributed by atoms with Gasteiger partial charge in [0.1, 0.15) is 0 Å². The standard InChI is InChI=1S/C22H25N3O3/c1-16-12-17-4-2-3-5-20(17)25(16)21(26)18-13-19(15-23-14-18)24-8-6-22(7-9-24)27-10-11-28-22/h2-5,13-16H,6-12H2,1H3. The maximum atomic E-state index is 13.3. The molecule has 6 nitrogen and oxygen atoms in total. The predicted octanol–water partition coefficient (Wildman–Crippen LogP) is 3.02. The Bertz CT molecular complexity index is 884. The second-order valence-corrected chi connectivity index (χ2v) is 7.88. The Balaban J connectivity index is 1.35. The second-order valence-electron chi connectivity index (χ2n) is 7.88. The van der Waals surface area contributed by atoms with E-state index in [-0.39, 0.29) is 11.9 Å². The molecule has 0 aliphatic carbocycles. The van der Waals surface area contributed by atoms with Crippen LogP contribution in [0.2, 0.25) is 0 Å². The normalized spacial score (nSPS) is 23.2. The average molecular weight is 379 g/mol. The third kappa shape index (κ3) is 2.97. The lowest BCUT2D eigenvalue weighted by Gasteiger charge is -2.38.